The van der Waals surface area contributed by atoms with E-state index in [0.717, 1.165) is 38.7 Å². The van der Waals surface area contributed by atoms with Crippen LogP contribution >= 0.6 is 0 Å². The fourth-order valence-corrected chi connectivity index (χ4v) is 2.67. The molecule has 0 amide bonds. The van der Waals surface area contributed by atoms with E-state index in [1.807, 2.05) is 6.07 Å². The molecule has 1 aliphatic rings. The van der Waals surface area contributed by atoms with Gasteiger partial charge in [-0.2, -0.15) is 4.98 Å². The highest BCUT2D eigenvalue weighted by Gasteiger charge is 2.11. The van der Waals surface area contributed by atoms with E-state index in [1.54, 1.807) is 6.20 Å². The van der Waals surface area contributed by atoms with E-state index in [9.17, 15) is 0 Å². The molecular formula is C17H22N4O. The third kappa shape index (κ3) is 3.20. The number of aromatic nitrogens is 2. The Morgan fingerprint density at radius 1 is 1.14 bits per heavy atom. The number of nitrogens with zero attached hydrogens (tertiary/aromatic N) is 3. The molecule has 0 bridgehead atoms. The third-order valence-electron chi connectivity index (χ3n) is 3.96. The van der Waals surface area contributed by atoms with Crippen molar-refractivity contribution in [1.82, 2.24) is 9.97 Å². The van der Waals surface area contributed by atoms with Crippen LogP contribution in [0.4, 0.5) is 11.8 Å². The molecule has 0 fully saturated rings. The summed E-state index contributed by atoms with van der Waals surface area (Å²) in [5, 5.41) is 3.31. The highest BCUT2D eigenvalue weighted by atomic mass is 16.5. The van der Waals surface area contributed by atoms with Crippen LogP contribution in [-0.2, 0) is 24.5 Å². The standard InChI is InChI=1S/C17H22N4O/c1-3-21(4-2)16-7-8-18-17(20-16)19-10-13-5-6-14-11-22-12-15(14)9-13/h5-9H,3-4,10-12H2,1-2H3,(H,18,19,20). The normalized spacial score (nSPS) is 13.0. The van der Waals surface area contributed by atoms with Crippen LogP contribution in [0, 0.1) is 0 Å². The molecule has 0 atom stereocenters. The van der Waals surface area contributed by atoms with E-state index in [4.69, 9.17) is 4.74 Å². The topological polar surface area (TPSA) is 50.3 Å². The summed E-state index contributed by atoms with van der Waals surface area (Å²) in [5.74, 6) is 1.63. The molecular weight excluding hydrogens is 276 g/mol. The van der Waals surface area contributed by atoms with Gasteiger partial charge in [-0.1, -0.05) is 18.2 Å². The van der Waals surface area contributed by atoms with Crippen molar-refractivity contribution in [3.8, 4) is 0 Å². The summed E-state index contributed by atoms with van der Waals surface area (Å²) in [6, 6.07) is 8.43. The van der Waals surface area contributed by atoms with Crippen LogP contribution in [0.5, 0.6) is 0 Å². The first-order chi connectivity index (χ1) is 10.8. The SMILES string of the molecule is CCN(CC)c1ccnc(NCc2ccc3c(c2)COC3)n1. The number of ether oxygens (including phenoxy) is 1. The average Bonchev–Trinajstić information content (AvgIpc) is 3.02. The first-order valence-corrected chi connectivity index (χ1v) is 7.80. The summed E-state index contributed by atoms with van der Waals surface area (Å²) in [7, 11) is 0. The highest BCUT2D eigenvalue weighted by molar-refractivity contribution is 5.43. The fourth-order valence-electron chi connectivity index (χ4n) is 2.67. The zero-order valence-electron chi connectivity index (χ0n) is 13.2. The lowest BCUT2D eigenvalue weighted by atomic mass is 10.1. The average molecular weight is 298 g/mol. The van der Waals surface area contributed by atoms with Crippen molar-refractivity contribution >= 4 is 11.8 Å². The van der Waals surface area contributed by atoms with Crippen molar-refractivity contribution in [1.29, 1.82) is 0 Å². The van der Waals surface area contributed by atoms with Crippen LogP contribution in [-0.4, -0.2) is 23.1 Å². The summed E-state index contributed by atoms with van der Waals surface area (Å²) in [5.41, 5.74) is 3.81. The maximum Gasteiger partial charge on any atom is 0.224 e. The van der Waals surface area contributed by atoms with Gasteiger partial charge in [-0.25, -0.2) is 4.98 Å². The van der Waals surface area contributed by atoms with Crippen LogP contribution in [0.3, 0.4) is 0 Å². The number of anilines is 2. The van der Waals surface area contributed by atoms with Gasteiger partial charge in [0.15, 0.2) is 0 Å². The Labute approximate surface area is 131 Å². The number of hydrogen-bond donors (Lipinski definition) is 1. The van der Waals surface area contributed by atoms with Crippen molar-refractivity contribution in [3.63, 3.8) is 0 Å². The largest absolute Gasteiger partial charge is 0.372 e. The van der Waals surface area contributed by atoms with Crippen molar-refractivity contribution in [2.45, 2.75) is 33.6 Å². The molecule has 1 aromatic carbocycles. The molecule has 116 valence electrons. The molecule has 0 radical (unpaired) electrons. The number of benzene rings is 1. The Bertz CT molecular complexity index is 640. The molecule has 5 heteroatoms. The van der Waals surface area contributed by atoms with E-state index in [-0.39, 0.29) is 0 Å². The lowest BCUT2D eigenvalue weighted by Gasteiger charge is -2.19. The van der Waals surface area contributed by atoms with Gasteiger partial charge in [0, 0.05) is 25.8 Å². The monoisotopic (exact) mass is 298 g/mol. The van der Waals surface area contributed by atoms with Crippen LogP contribution in [0.15, 0.2) is 30.5 Å². The Hall–Kier alpha value is -2.14. The van der Waals surface area contributed by atoms with E-state index < -0.39 is 0 Å². The number of fused-ring (bicyclic) bond motifs is 1. The van der Waals surface area contributed by atoms with Gasteiger partial charge in [0.2, 0.25) is 5.95 Å². The second kappa shape index (κ2) is 6.75. The molecule has 1 N–H and O–H groups in total. The second-order valence-corrected chi connectivity index (χ2v) is 5.36. The summed E-state index contributed by atoms with van der Waals surface area (Å²) >= 11 is 0. The molecule has 0 unspecified atom stereocenters. The summed E-state index contributed by atoms with van der Waals surface area (Å²) < 4.78 is 5.45. The zero-order chi connectivity index (χ0) is 15.4. The molecule has 0 spiro atoms. The minimum Gasteiger partial charge on any atom is -0.372 e. The van der Waals surface area contributed by atoms with Gasteiger partial charge in [-0.15, -0.1) is 0 Å². The van der Waals surface area contributed by atoms with Gasteiger partial charge in [0.1, 0.15) is 5.82 Å². The molecule has 0 aliphatic carbocycles. The third-order valence-corrected chi connectivity index (χ3v) is 3.96. The van der Waals surface area contributed by atoms with Gasteiger partial charge in [-0.05, 0) is 36.6 Å². The van der Waals surface area contributed by atoms with Gasteiger partial charge >= 0.3 is 0 Å². The molecule has 2 heterocycles. The molecule has 2 aromatic rings. The maximum absolute atomic E-state index is 5.45. The van der Waals surface area contributed by atoms with Crippen LogP contribution < -0.4 is 10.2 Å². The van der Waals surface area contributed by atoms with E-state index in [2.05, 4.69) is 52.2 Å². The Balaban J connectivity index is 1.67. The van der Waals surface area contributed by atoms with Crippen LogP contribution in [0.2, 0.25) is 0 Å². The number of rotatable bonds is 6. The van der Waals surface area contributed by atoms with Gasteiger partial charge in [-0.3, -0.25) is 0 Å². The Kier molecular flexibility index (Phi) is 4.53. The first kappa shape index (κ1) is 14.8. The van der Waals surface area contributed by atoms with Crippen molar-refractivity contribution in [3.05, 3.63) is 47.2 Å². The van der Waals surface area contributed by atoms with Crippen LogP contribution in [0.25, 0.3) is 0 Å². The maximum atomic E-state index is 5.45. The van der Waals surface area contributed by atoms with Crippen molar-refractivity contribution < 1.29 is 4.74 Å². The molecule has 0 saturated heterocycles. The number of hydrogen-bond acceptors (Lipinski definition) is 5. The molecule has 1 aromatic heterocycles. The Morgan fingerprint density at radius 2 is 1.95 bits per heavy atom. The van der Waals surface area contributed by atoms with E-state index in [0.29, 0.717) is 5.95 Å². The minimum atomic E-state index is 0.668. The summed E-state index contributed by atoms with van der Waals surface area (Å²) in [4.78, 5) is 11.1. The van der Waals surface area contributed by atoms with Crippen molar-refractivity contribution in [2.75, 3.05) is 23.3 Å². The van der Waals surface area contributed by atoms with Crippen LogP contribution in [0.1, 0.15) is 30.5 Å². The van der Waals surface area contributed by atoms with Crippen molar-refractivity contribution in [2.24, 2.45) is 0 Å². The predicted octanol–water partition coefficient (Wildman–Crippen LogP) is 2.97. The second-order valence-electron chi connectivity index (χ2n) is 5.36. The molecule has 5 nitrogen and oxygen atoms in total. The van der Waals surface area contributed by atoms with Gasteiger partial charge < -0.3 is 15.0 Å². The van der Waals surface area contributed by atoms with Gasteiger partial charge in [0.25, 0.3) is 0 Å². The van der Waals surface area contributed by atoms with E-state index in [1.165, 1.54) is 16.7 Å². The molecule has 22 heavy (non-hydrogen) atoms. The smallest absolute Gasteiger partial charge is 0.224 e. The quantitative estimate of drug-likeness (QED) is 0.888. The Morgan fingerprint density at radius 3 is 2.77 bits per heavy atom. The van der Waals surface area contributed by atoms with Gasteiger partial charge in [0.05, 0.1) is 13.2 Å². The lowest BCUT2D eigenvalue weighted by Crippen LogP contribution is -2.23. The lowest BCUT2D eigenvalue weighted by molar-refractivity contribution is 0.134. The molecule has 3 rings (SSSR count). The summed E-state index contributed by atoms with van der Waals surface area (Å²) in [6.45, 7) is 8.32. The highest BCUT2D eigenvalue weighted by Crippen LogP contribution is 2.21. The first-order valence-electron chi connectivity index (χ1n) is 7.80. The van der Waals surface area contributed by atoms with E-state index >= 15 is 0 Å². The minimum absolute atomic E-state index is 0.668. The molecule has 0 saturated carbocycles. The zero-order valence-corrected chi connectivity index (χ0v) is 13.2. The summed E-state index contributed by atoms with van der Waals surface area (Å²) in [6.07, 6.45) is 1.81. The fraction of sp³-hybridized carbons (Fsp3) is 0.412. The predicted molar refractivity (Wildman–Crippen MR) is 87.9 cm³/mol. The molecule has 1 aliphatic heterocycles. The number of nitrogens with one attached hydrogen (secondary N) is 1.